The van der Waals surface area contributed by atoms with Crippen molar-refractivity contribution >= 4 is 21.6 Å². The number of hydrogen-bond donors (Lipinski definition) is 1. The maximum absolute atomic E-state index is 5.88. The highest BCUT2D eigenvalue weighted by Crippen LogP contribution is 2.28. The topological polar surface area (TPSA) is 44.5 Å². The van der Waals surface area contributed by atoms with Crippen molar-refractivity contribution < 1.29 is 9.47 Å². The fourth-order valence-electron chi connectivity index (χ4n) is 1.75. The van der Waals surface area contributed by atoms with Gasteiger partial charge in [0.15, 0.2) is 0 Å². The highest BCUT2D eigenvalue weighted by Gasteiger charge is 2.05. The van der Waals surface area contributed by atoms with Gasteiger partial charge in [-0.3, -0.25) is 0 Å². The average molecular weight is 336 g/mol. The van der Waals surface area contributed by atoms with Crippen molar-refractivity contribution in [3.05, 3.63) is 52.5 Å². The number of rotatable bonds is 5. The Morgan fingerprint density at radius 2 is 1.95 bits per heavy atom. The minimum Gasteiger partial charge on any atom is -0.489 e. The van der Waals surface area contributed by atoms with Crippen LogP contribution in [0.15, 0.2) is 46.9 Å². The lowest BCUT2D eigenvalue weighted by atomic mass is 10.2. The van der Waals surface area contributed by atoms with Crippen LogP contribution in [0.2, 0.25) is 0 Å². The fourth-order valence-corrected chi connectivity index (χ4v) is 2.20. The molecule has 20 heavy (non-hydrogen) atoms. The van der Waals surface area contributed by atoms with Crippen molar-refractivity contribution in [3.63, 3.8) is 0 Å². The highest BCUT2D eigenvalue weighted by molar-refractivity contribution is 9.10. The summed E-state index contributed by atoms with van der Waals surface area (Å²) in [5, 5.41) is 0. The van der Waals surface area contributed by atoms with E-state index in [0.717, 1.165) is 15.8 Å². The van der Waals surface area contributed by atoms with E-state index in [4.69, 9.17) is 15.2 Å². The molecule has 0 radical (unpaired) electrons. The van der Waals surface area contributed by atoms with Crippen LogP contribution >= 0.6 is 15.9 Å². The lowest BCUT2D eigenvalue weighted by Gasteiger charge is -2.14. The zero-order chi connectivity index (χ0) is 14.5. The molecule has 2 rings (SSSR count). The van der Waals surface area contributed by atoms with Crippen molar-refractivity contribution in [2.75, 3.05) is 5.73 Å². The monoisotopic (exact) mass is 335 g/mol. The number of hydrogen-bond acceptors (Lipinski definition) is 3. The molecule has 0 fully saturated rings. The Balaban J connectivity index is 2.06. The molecule has 2 aromatic carbocycles. The summed E-state index contributed by atoms with van der Waals surface area (Å²) in [6.07, 6.45) is 0.0811. The van der Waals surface area contributed by atoms with Crippen molar-refractivity contribution in [2.45, 2.75) is 26.6 Å². The Bertz CT molecular complexity index is 584. The van der Waals surface area contributed by atoms with Crippen LogP contribution in [0.1, 0.15) is 19.4 Å². The average Bonchev–Trinajstić information content (AvgIpc) is 2.39. The minimum absolute atomic E-state index is 0.0811. The second-order valence-electron chi connectivity index (χ2n) is 4.78. The van der Waals surface area contributed by atoms with Crippen molar-refractivity contribution in [1.29, 1.82) is 0 Å². The molecule has 0 aromatic heterocycles. The predicted octanol–water partition coefficient (Wildman–Crippen LogP) is 4.40. The molecule has 0 aliphatic rings. The summed E-state index contributed by atoms with van der Waals surface area (Å²) in [6, 6.07) is 13.5. The molecule has 0 atom stereocenters. The van der Waals surface area contributed by atoms with Crippen molar-refractivity contribution in [2.24, 2.45) is 0 Å². The van der Waals surface area contributed by atoms with E-state index >= 15 is 0 Å². The van der Waals surface area contributed by atoms with Gasteiger partial charge in [0, 0.05) is 10.5 Å². The fraction of sp³-hybridized carbons (Fsp3) is 0.250. The molecule has 2 N–H and O–H groups in total. The van der Waals surface area contributed by atoms with E-state index in [1.54, 1.807) is 6.07 Å². The second kappa shape index (κ2) is 6.66. The predicted molar refractivity (Wildman–Crippen MR) is 85.1 cm³/mol. The summed E-state index contributed by atoms with van der Waals surface area (Å²) < 4.78 is 12.5. The zero-order valence-corrected chi connectivity index (χ0v) is 13.2. The minimum atomic E-state index is 0.0811. The molecule has 0 saturated heterocycles. The van der Waals surface area contributed by atoms with Gasteiger partial charge in [-0.2, -0.15) is 0 Å². The van der Waals surface area contributed by atoms with Crippen LogP contribution in [-0.4, -0.2) is 6.10 Å². The Morgan fingerprint density at radius 3 is 2.65 bits per heavy atom. The van der Waals surface area contributed by atoms with Crippen molar-refractivity contribution in [1.82, 2.24) is 0 Å². The molecule has 0 aliphatic heterocycles. The van der Waals surface area contributed by atoms with E-state index < -0.39 is 0 Å². The standard InChI is InChI=1S/C16H18BrNO2/c1-11(2)20-16-9-14(6-7-15(16)18)19-10-12-4-3-5-13(17)8-12/h3-9,11H,10,18H2,1-2H3. The van der Waals surface area contributed by atoms with E-state index in [0.29, 0.717) is 18.0 Å². The van der Waals surface area contributed by atoms with Gasteiger partial charge in [-0.25, -0.2) is 0 Å². The summed E-state index contributed by atoms with van der Waals surface area (Å²) in [7, 11) is 0. The van der Waals surface area contributed by atoms with Gasteiger partial charge in [0.05, 0.1) is 11.8 Å². The summed E-state index contributed by atoms with van der Waals surface area (Å²) in [5.74, 6) is 1.40. The number of nitrogen functional groups attached to an aromatic ring is 1. The number of nitrogens with two attached hydrogens (primary N) is 1. The second-order valence-corrected chi connectivity index (χ2v) is 5.70. The normalized spacial score (nSPS) is 10.6. The third kappa shape index (κ3) is 4.17. The smallest absolute Gasteiger partial charge is 0.146 e. The highest BCUT2D eigenvalue weighted by atomic mass is 79.9. The first-order valence-electron chi connectivity index (χ1n) is 6.48. The lowest BCUT2D eigenvalue weighted by molar-refractivity contribution is 0.241. The van der Waals surface area contributed by atoms with Crippen LogP contribution in [0.4, 0.5) is 5.69 Å². The molecular formula is C16H18BrNO2. The van der Waals surface area contributed by atoms with E-state index in [1.807, 2.05) is 50.2 Å². The van der Waals surface area contributed by atoms with Crippen LogP contribution in [0.25, 0.3) is 0 Å². The van der Waals surface area contributed by atoms with Gasteiger partial charge in [-0.15, -0.1) is 0 Å². The number of benzene rings is 2. The van der Waals surface area contributed by atoms with E-state index in [-0.39, 0.29) is 6.10 Å². The van der Waals surface area contributed by atoms with Gasteiger partial charge in [0.25, 0.3) is 0 Å². The quantitative estimate of drug-likeness (QED) is 0.823. The van der Waals surface area contributed by atoms with Crippen LogP contribution in [0, 0.1) is 0 Å². The summed E-state index contributed by atoms with van der Waals surface area (Å²) >= 11 is 3.44. The zero-order valence-electron chi connectivity index (χ0n) is 11.6. The van der Waals surface area contributed by atoms with Crippen LogP contribution < -0.4 is 15.2 Å². The SMILES string of the molecule is CC(C)Oc1cc(OCc2cccc(Br)c2)ccc1N. The molecule has 0 unspecified atom stereocenters. The first-order valence-corrected chi connectivity index (χ1v) is 7.27. The molecule has 106 valence electrons. The Morgan fingerprint density at radius 1 is 1.15 bits per heavy atom. The summed E-state index contributed by atoms with van der Waals surface area (Å²) in [5.41, 5.74) is 7.60. The Labute approximate surface area is 127 Å². The molecular weight excluding hydrogens is 318 g/mol. The maximum atomic E-state index is 5.88. The Hall–Kier alpha value is -1.68. The number of ether oxygens (including phenoxy) is 2. The van der Waals surface area contributed by atoms with Crippen molar-refractivity contribution in [3.8, 4) is 11.5 Å². The third-order valence-corrected chi connectivity index (χ3v) is 3.14. The molecule has 0 saturated carbocycles. The lowest BCUT2D eigenvalue weighted by Crippen LogP contribution is -2.07. The molecule has 4 heteroatoms. The molecule has 0 spiro atoms. The maximum Gasteiger partial charge on any atom is 0.146 e. The summed E-state index contributed by atoms with van der Waals surface area (Å²) in [4.78, 5) is 0. The van der Waals surface area contributed by atoms with Gasteiger partial charge < -0.3 is 15.2 Å². The molecule has 0 aliphatic carbocycles. The largest absolute Gasteiger partial charge is 0.489 e. The first-order chi connectivity index (χ1) is 9.54. The van der Waals surface area contributed by atoms with E-state index in [2.05, 4.69) is 15.9 Å². The Kier molecular flexibility index (Phi) is 4.90. The number of anilines is 1. The van der Waals surface area contributed by atoms with Gasteiger partial charge in [0.2, 0.25) is 0 Å². The van der Waals surface area contributed by atoms with E-state index in [9.17, 15) is 0 Å². The molecule has 0 amide bonds. The number of halogens is 1. The van der Waals surface area contributed by atoms with Gasteiger partial charge >= 0.3 is 0 Å². The van der Waals surface area contributed by atoms with Crippen LogP contribution in [0.3, 0.4) is 0 Å². The molecule has 3 nitrogen and oxygen atoms in total. The van der Waals surface area contributed by atoms with E-state index in [1.165, 1.54) is 0 Å². The molecule has 0 bridgehead atoms. The third-order valence-electron chi connectivity index (χ3n) is 2.64. The molecule has 0 heterocycles. The summed E-state index contributed by atoms with van der Waals surface area (Å²) in [6.45, 7) is 4.44. The van der Waals surface area contributed by atoms with Gasteiger partial charge in [-0.05, 0) is 43.7 Å². The van der Waals surface area contributed by atoms with Crippen LogP contribution in [0.5, 0.6) is 11.5 Å². The van der Waals surface area contributed by atoms with Gasteiger partial charge in [0.1, 0.15) is 18.1 Å². The van der Waals surface area contributed by atoms with Crippen LogP contribution in [-0.2, 0) is 6.61 Å². The molecule has 2 aromatic rings. The van der Waals surface area contributed by atoms with Gasteiger partial charge in [-0.1, -0.05) is 28.1 Å². The first kappa shape index (κ1) is 14.7.